The van der Waals surface area contributed by atoms with Gasteiger partial charge in [-0.05, 0) is 0 Å². The van der Waals surface area contributed by atoms with Crippen LogP contribution in [0, 0.1) is 5.92 Å². The Bertz CT molecular complexity index is 219. The lowest BCUT2D eigenvalue weighted by Gasteiger charge is -2.26. The van der Waals surface area contributed by atoms with E-state index in [1.54, 1.807) is 0 Å². The number of hydrogen-bond donors (Lipinski definition) is 4. The summed E-state index contributed by atoms with van der Waals surface area (Å²) in [6, 6.07) is -0.229. The fraction of sp³-hybridized carbons (Fsp3) is 0.600. The Morgan fingerprint density at radius 2 is 2.36 bits per heavy atom. The second kappa shape index (κ2) is 2.40. The van der Waals surface area contributed by atoms with Gasteiger partial charge in [0.2, 0.25) is 0 Å². The molecule has 0 aromatic rings. The summed E-state index contributed by atoms with van der Waals surface area (Å²) in [5.41, 5.74) is 5.83. The molecule has 5 nitrogen and oxygen atoms in total. The first-order valence-electron chi connectivity index (χ1n) is 3.37. The molecule has 11 heavy (non-hydrogen) atoms. The van der Waals surface area contributed by atoms with Crippen molar-refractivity contribution < 1.29 is 4.79 Å². The highest BCUT2D eigenvalue weighted by Gasteiger charge is 2.35. The summed E-state index contributed by atoms with van der Waals surface area (Å²) in [5, 5.41) is 5.25. The summed E-state index contributed by atoms with van der Waals surface area (Å²) in [6.45, 7) is 0.761. The summed E-state index contributed by atoms with van der Waals surface area (Å²) in [4.78, 5) is 11.4. The van der Waals surface area contributed by atoms with Crippen molar-refractivity contribution in [2.24, 2.45) is 5.92 Å². The highest BCUT2D eigenvalue weighted by molar-refractivity contribution is 7.80. The molecule has 2 rings (SSSR count). The van der Waals surface area contributed by atoms with Crippen LogP contribution in [0.15, 0.2) is 0 Å². The molecule has 0 spiro atoms. The van der Waals surface area contributed by atoms with E-state index >= 15 is 0 Å². The minimum absolute atomic E-state index is 0.0451. The van der Waals surface area contributed by atoms with Crippen LogP contribution in [0.1, 0.15) is 0 Å². The van der Waals surface area contributed by atoms with E-state index in [4.69, 9.17) is 12.2 Å². The van der Waals surface area contributed by atoms with Gasteiger partial charge in [-0.3, -0.25) is 5.43 Å². The van der Waals surface area contributed by atoms with Gasteiger partial charge in [-0.1, -0.05) is 12.2 Å². The summed E-state index contributed by atoms with van der Waals surface area (Å²) in [6.07, 6.45) is -0.0451. The molecule has 2 atom stereocenters. The van der Waals surface area contributed by atoms with E-state index in [0.717, 1.165) is 6.54 Å². The molecule has 60 valence electrons. The van der Waals surface area contributed by atoms with Gasteiger partial charge in [-0.2, -0.15) is 0 Å². The predicted octanol–water partition coefficient (Wildman–Crippen LogP) is -1.32. The maximum Gasteiger partial charge on any atom is 0.320 e. The van der Waals surface area contributed by atoms with Crippen molar-refractivity contribution in [3.05, 3.63) is 0 Å². The number of carbonyl (C=O) groups is 1. The Morgan fingerprint density at radius 3 is 3.18 bits per heavy atom. The van der Waals surface area contributed by atoms with Crippen LogP contribution in [-0.4, -0.2) is 23.7 Å². The minimum Gasteiger partial charge on any atom is -0.321 e. The Kier molecular flexibility index (Phi) is 1.52. The lowest BCUT2D eigenvalue weighted by Crippen LogP contribution is -2.59. The Labute approximate surface area is 68.9 Å². The predicted molar refractivity (Wildman–Crippen MR) is 42.7 cm³/mol. The van der Waals surface area contributed by atoms with Crippen LogP contribution in [0.3, 0.4) is 0 Å². The number of amides is 2. The highest BCUT2D eigenvalue weighted by atomic mass is 32.1. The van der Waals surface area contributed by atoms with E-state index < -0.39 is 0 Å². The lowest BCUT2D eigenvalue weighted by atomic mass is 10.1. The van der Waals surface area contributed by atoms with Gasteiger partial charge in [0.25, 0.3) is 0 Å². The molecule has 2 fully saturated rings. The number of fused-ring (bicyclic) bond motifs is 1. The number of carbonyl (C=O) groups excluding carboxylic acids is 1. The summed E-state index contributed by atoms with van der Waals surface area (Å²) < 4.78 is 0. The van der Waals surface area contributed by atoms with E-state index in [0.29, 0.717) is 4.99 Å². The van der Waals surface area contributed by atoms with Gasteiger partial charge in [-0.25, -0.2) is 10.2 Å². The van der Waals surface area contributed by atoms with E-state index in [2.05, 4.69) is 21.5 Å². The van der Waals surface area contributed by atoms with Crippen molar-refractivity contribution in [2.45, 2.75) is 6.17 Å². The number of hydrogen-bond acceptors (Lipinski definition) is 4. The first-order chi connectivity index (χ1) is 5.27. The molecule has 2 aliphatic heterocycles. The van der Waals surface area contributed by atoms with Gasteiger partial charge >= 0.3 is 6.03 Å². The normalized spacial score (nSPS) is 36.0. The third-order valence-electron chi connectivity index (χ3n) is 1.84. The Balaban J connectivity index is 2.16. The zero-order valence-corrected chi connectivity index (χ0v) is 6.49. The second-order valence-corrected chi connectivity index (χ2v) is 3.01. The van der Waals surface area contributed by atoms with Crippen LogP contribution in [0.4, 0.5) is 4.79 Å². The largest absolute Gasteiger partial charge is 0.321 e. The van der Waals surface area contributed by atoms with Crippen molar-refractivity contribution in [1.29, 1.82) is 0 Å². The van der Waals surface area contributed by atoms with Gasteiger partial charge in [0.05, 0.1) is 10.9 Å². The average molecular weight is 172 g/mol. The smallest absolute Gasteiger partial charge is 0.320 e. The molecule has 0 aromatic carbocycles. The fourth-order valence-electron chi connectivity index (χ4n) is 1.26. The molecule has 0 saturated carbocycles. The van der Waals surface area contributed by atoms with Crippen molar-refractivity contribution >= 4 is 23.2 Å². The standard InChI is InChI=1S/C5H8N4OS/c10-5-7-3-2(1-6-9-3)4(11)8-5/h2-3,6,9H,1H2,(H2,7,8,10,11). The van der Waals surface area contributed by atoms with Crippen LogP contribution in [0.2, 0.25) is 0 Å². The van der Waals surface area contributed by atoms with Crippen LogP contribution >= 0.6 is 12.2 Å². The second-order valence-electron chi connectivity index (χ2n) is 2.57. The van der Waals surface area contributed by atoms with Crippen LogP contribution in [-0.2, 0) is 0 Å². The SMILES string of the molecule is O=C1NC(=S)C2CNNC2N1. The summed E-state index contributed by atoms with van der Waals surface area (Å²) in [5.74, 6) is 0.183. The van der Waals surface area contributed by atoms with Gasteiger partial charge in [0.15, 0.2) is 0 Å². The fourth-order valence-corrected chi connectivity index (χ4v) is 1.57. The number of nitrogens with one attached hydrogen (secondary N) is 4. The molecule has 2 amide bonds. The van der Waals surface area contributed by atoms with Crippen LogP contribution in [0.5, 0.6) is 0 Å². The molecule has 2 heterocycles. The van der Waals surface area contributed by atoms with E-state index in [9.17, 15) is 4.79 Å². The van der Waals surface area contributed by atoms with Crippen LogP contribution in [0.25, 0.3) is 0 Å². The highest BCUT2D eigenvalue weighted by Crippen LogP contribution is 2.09. The first-order valence-corrected chi connectivity index (χ1v) is 3.78. The average Bonchev–Trinajstić information content (AvgIpc) is 2.34. The molecule has 0 bridgehead atoms. The van der Waals surface area contributed by atoms with E-state index in [1.807, 2.05) is 0 Å². The molecule has 2 unspecified atom stereocenters. The first kappa shape index (κ1) is 6.96. The minimum atomic E-state index is -0.229. The molecule has 0 aromatic heterocycles. The lowest BCUT2D eigenvalue weighted by molar-refractivity contribution is 0.234. The summed E-state index contributed by atoms with van der Waals surface area (Å²) in [7, 11) is 0. The molecule has 4 N–H and O–H groups in total. The zero-order valence-electron chi connectivity index (χ0n) is 5.68. The quantitative estimate of drug-likeness (QED) is 0.342. The van der Waals surface area contributed by atoms with Crippen molar-refractivity contribution in [2.75, 3.05) is 6.54 Å². The monoisotopic (exact) mass is 172 g/mol. The van der Waals surface area contributed by atoms with Gasteiger partial charge in [0, 0.05) is 6.54 Å². The molecule has 6 heteroatoms. The Morgan fingerprint density at radius 1 is 1.55 bits per heavy atom. The van der Waals surface area contributed by atoms with Crippen molar-refractivity contribution in [1.82, 2.24) is 21.5 Å². The Hall–Kier alpha value is -0.720. The van der Waals surface area contributed by atoms with Crippen molar-refractivity contribution in [3.8, 4) is 0 Å². The number of hydrazine groups is 1. The molecule has 0 radical (unpaired) electrons. The number of urea groups is 1. The molecular weight excluding hydrogens is 164 g/mol. The maximum absolute atomic E-state index is 10.8. The van der Waals surface area contributed by atoms with E-state index in [-0.39, 0.29) is 18.1 Å². The third kappa shape index (κ3) is 1.09. The third-order valence-corrected chi connectivity index (χ3v) is 2.25. The molecule has 2 aliphatic rings. The molecular formula is C5H8N4OS. The summed E-state index contributed by atoms with van der Waals surface area (Å²) >= 11 is 4.97. The van der Waals surface area contributed by atoms with Crippen molar-refractivity contribution in [3.63, 3.8) is 0 Å². The molecule has 0 aliphatic carbocycles. The van der Waals surface area contributed by atoms with Gasteiger partial charge in [0.1, 0.15) is 6.17 Å². The van der Waals surface area contributed by atoms with Gasteiger partial charge < -0.3 is 10.6 Å². The number of thiocarbonyl (C=S) groups is 1. The van der Waals surface area contributed by atoms with Gasteiger partial charge in [-0.15, -0.1) is 0 Å². The molecule has 2 saturated heterocycles. The maximum atomic E-state index is 10.8. The zero-order chi connectivity index (χ0) is 7.84. The topological polar surface area (TPSA) is 65.2 Å². The van der Waals surface area contributed by atoms with E-state index in [1.165, 1.54) is 0 Å². The van der Waals surface area contributed by atoms with Crippen LogP contribution < -0.4 is 21.5 Å². The number of rotatable bonds is 0.